The molecule has 0 aliphatic rings. The Morgan fingerprint density at radius 2 is 1.41 bits per heavy atom. The van der Waals surface area contributed by atoms with E-state index in [1.165, 1.54) is 9.96 Å². The van der Waals surface area contributed by atoms with Crippen LogP contribution in [0.3, 0.4) is 0 Å². The second-order valence-electron chi connectivity index (χ2n) is 12.7. The molecule has 0 aliphatic carbocycles. The third kappa shape index (κ3) is 6.20. The molecule has 0 atom stereocenters. The van der Waals surface area contributed by atoms with Crippen LogP contribution < -0.4 is 4.40 Å². The SMILES string of the molecule is CC(C)c1ccnc(-c2[c-]ccc3c2oc2cc4c(cc23)oc2ccccc24)c1.[CH3][Ge]([CH3])([CH3])[c]1ccc(-c2[c-]cccc2)nc1.[Ir]. The van der Waals surface area contributed by atoms with Crippen LogP contribution in [0.2, 0.25) is 17.3 Å². The van der Waals surface area contributed by atoms with E-state index in [0.29, 0.717) is 5.92 Å². The van der Waals surface area contributed by atoms with Gasteiger partial charge in [0.15, 0.2) is 0 Å². The van der Waals surface area contributed by atoms with E-state index in [1.807, 2.05) is 67.0 Å². The molecule has 0 spiro atoms. The van der Waals surface area contributed by atoms with Crippen molar-refractivity contribution in [3.63, 3.8) is 0 Å². The van der Waals surface area contributed by atoms with Crippen molar-refractivity contribution in [2.24, 2.45) is 0 Å². The van der Waals surface area contributed by atoms with Crippen LogP contribution in [0, 0.1) is 12.1 Å². The zero-order valence-corrected chi connectivity index (χ0v) is 31.0. The van der Waals surface area contributed by atoms with E-state index in [9.17, 15) is 0 Å². The fraction of sp³-hybridized carbons (Fsp3) is 0.150. The molecule has 0 saturated carbocycles. The van der Waals surface area contributed by atoms with Crippen LogP contribution in [0.15, 0.2) is 118 Å². The Balaban J connectivity index is 0.000000187. The Hall–Kier alpha value is -4.03. The molecular weight excluding hydrogens is 805 g/mol. The van der Waals surface area contributed by atoms with Gasteiger partial charge in [0.05, 0.1) is 5.58 Å². The van der Waals surface area contributed by atoms with Crippen molar-refractivity contribution in [1.29, 1.82) is 0 Å². The summed E-state index contributed by atoms with van der Waals surface area (Å²) < 4.78 is 13.9. The molecule has 0 bridgehead atoms. The largest absolute Gasteiger partial charge is 0 e. The smallest absolute Gasteiger partial charge is 0 e. The summed E-state index contributed by atoms with van der Waals surface area (Å²) in [5.74, 6) is 7.58. The van der Waals surface area contributed by atoms with E-state index in [1.54, 1.807) is 0 Å². The van der Waals surface area contributed by atoms with Crippen LogP contribution in [-0.4, -0.2) is 23.2 Å². The van der Waals surface area contributed by atoms with E-state index in [-0.39, 0.29) is 20.1 Å². The number of pyridine rings is 2. The molecule has 0 saturated heterocycles. The second-order valence-corrected chi connectivity index (χ2v) is 23.4. The third-order valence-electron chi connectivity index (χ3n) is 8.25. The van der Waals surface area contributed by atoms with Crippen LogP contribution in [0.1, 0.15) is 25.3 Å². The van der Waals surface area contributed by atoms with Crippen molar-refractivity contribution >= 4 is 61.5 Å². The summed E-state index contributed by atoms with van der Waals surface area (Å²) in [4.78, 5) is 9.12. The van der Waals surface area contributed by atoms with Crippen molar-refractivity contribution in [3.05, 3.63) is 127 Å². The zero-order valence-electron chi connectivity index (χ0n) is 26.5. The van der Waals surface area contributed by atoms with E-state index in [2.05, 4.69) is 95.7 Å². The van der Waals surface area contributed by atoms with E-state index >= 15 is 0 Å². The quantitative estimate of drug-likeness (QED) is 0.131. The van der Waals surface area contributed by atoms with E-state index in [4.69, 9.17) is 8.83 Å². The first-order chi connectivity index (χ1) is 21.8. The van der Waals surface area contributed by atoms with Gasteiger partial charge >= 0.3 is 99.8 Å². The summed E-state index contributed by atoms with van der Waals surface area (Å²) in [7, 11) is 0. The van der Waals surface area contributed by atoms with Crippen LogP contribution in [0.4, 0.5) is 0 Å². The average molecular weight is 840 g/mol. The van der Waals surface area contributed by atoms with Gasteiger partial charge in [-0.25, -0.2) is 0 Å². The molecule has 0 N–H and O–H groups in total. The molecule has 231 valence electrons. The second kappa shape index (κ2) is 13.0. The molecule has 6 heteroatoms. The van der Waals surface area contributed by atoms with Gasteiger partial charge < -0.3 is 13.8 Å². The van der Waals surface area contributed by atoms with Gasteiger partial charge in [-0.2, -0.15) is 0 Å². The number of rotatable bonds is 4. The van der Waals surface area contributed by atoms with Crippen molar-refractivity contribution in [2.45, 2.75) is 37.0 Å². The summed E-state index contributed by atoms with van der Waals surface area (Å²) in [6.45, 7) is 4.37. The molecule has 0 fully saturated rings. The van der Waals surface area contributed by atoms with Gasteiger partial charge in [-0.15, -0.1) is 18.2 Å². The van der Waals surface area contributed by atoms with Gasteiger partial charge in [0.1, 0.15) is 16.7 Å². The number of nitrogens with zero attached hydrogens (tertiary/aromatic N) is 2. The average Bonchev–Trinajstić information content (AvgIpc) is 3.61. The molecule has 8 aromatic rings. The Bertz CT molecular complexity index is 2280. The maximum Gasteiger partial charge on any atom is 0 e. The minimum absolute atomic E-state index is 0. The molecule has 8 rings (SSSR count). The van der Waals surface area contributed by atoms with E-state index < -0.39 is 13.3 Å². The Morgan fingerprint density at radius 3 is 2.13 bits per heavy atom. The number of para-hydroxylation sites is 1. The van der Waals surface area contributed by atoms with Gasteiger partial charge in [-0.3, -0.25) is 0 Å². The summed E-state index contributed by atoms with van der Waals surface area (Å²) in [5, 5.41) is 4.26. The van der Waals surface area contributed by atoms with Gasteiger partial charge in [0.25, 0.3) is 0 Å². The van der Waals surface area contributed by atoms with Crippen molar-refractivity contribution in [2.75, 3.05) is 0 Å². The minimum atomic E-state index is -1.72. The molecule has 4 nitrogen and oxygen atoms in total. The first kappa shape index (κ1) is 31.9. The maximum absolute atomic E-state index is 6.35. The predicted molar refractivity (Wildman–Crippen MR) is 189 cm³/mol. The van der Waals surface area contributed by atoms with Crippen LogP contribution in [0.25, 0.3) is 66.4 Å². The molecule has 1 radical (unpaired) electrons. The van der Waals surface area contributed by atoms with Crippen LogP contribution in [0.5, 0.6) is 0 Å². The monoisotopic (exact) mass is 841 g/mol. The Morgan fingerprint density at radius 1 is 0.652 bits per heavy atom. The molecule has 0 aliphatic heterocycles. The molecule has 4 aromatic carbocycles. The number of benzene rings is 4. The maximum atomic E-state index is 6.35. The standard InChI is InChI=1S/C26H18NO2.C14H16GeN.Ir/c1-15(2)16-10-11-27-22(12-16)19-8-5-7-18-21-14-24-20(13-25(21)29-26(18)19)17-6-3-4-9-23(17)28-24;1-15(2,3)13-9-10-14(16-11-13)12-7-5-4-6-8-12;/h3-7,9-15H,1-2H3;4-7,9-11H,1-3H3;/q2*-1;. The van der Waals surface area contributed by atoms with Crippen molar-refractivity contribution in [1.82, 2.24) is 9.97 Å². The summed E-state index contributed by atoms with van der Waals surface area (Å²) in [5.41, 5.74) is 8.52. The summed E-state index contributed by atoms with van der Waals surface area (Å²) >= 11 is -1.72. The molecule has 4 aromatic heterocycles. The number of aromatic nitrogens is 2. The molecule has 0 amide bonds. The molecule has 0 unspecified atom stereocenters. The van der Waals surface area contributed by atoms with Crippen LogP contribution in [-0.2, 0) is 20.1 Å². The topological polar surface area (TPSA) is 52.1 Å². The Kier molecular flexibility index (Phi) is 9.02. The van der Waals surface area contributed by atoms with Gasteiger partial charge in [0, 0.05) is 42.5 Å². The molecule has 4 heterocycles. The zero-order chi connectivity index (χ0) is 31.1. The number of furan rings is 2. The first-order valence-electron chi connectivity index (χ1n) is 15.3. The Labute approximate surface area is 285 Å². The fourth-order valence-electron chi connectivity index (χ4n) is 5.64. The van der Waals surface area contributed by atoms with Gasteiger partial charge in [0.2, 0.25) is 0 Å². The normalized spacial score (nSPS) is 11.6. The number of hydrogen-bond acceptors (Lipinski definition) is 4. The molecular formula is C40H34GeIrN2O2-2. The molecule has 46 heavy (non-hydrogen) atoms. The number of hydrogen-bond donors (Lipinski definition) is 0. The summed E-state index contributed by atoms with van der Waals surface area (Å²) in [6, 6.07) is 39.3. The van der Waals surface area contributed by atoms with Gasteiger partial charge in [-0.1, -0.05) is 54.6 Å². The van der Waals surface area contributed by atoms with Crippen molar-refractivity contribution in [3.8, 4) is 22.5 Å². The fourth-order valence-corrected chi connectivity index (χ4v) is 7.81. The third-order valence-corrected chi connectivity index (χ3v) is 12.5. The minimum Gasteiger partial charge on any atom is 0 e. The van der Waals surface area contributed by atoms with Gasteiger partial charge in [-0.05, 0) is 35.9 Å². The van der Waals surface area contributed by atoms with Crippen molar-refractivity contribution < 1.29 is 28.9 Å². The first-order valence-corrected chi connectivity index (χ1v) is 22.7. The predicted octanol–water partition coefficient (Wildman–Crippen LogP) is 10.6. The van der Waals surface area contributed by atoms with Crippen LogP contribution >= 0.6 is 0 Å². The number of fused-ring (bicyclic) bond motifs is 6. The summed E-state index contributed by atoms with van der Waals surface area (Å²) in [6.07, 6.45) is 3.90. The van der Waals surface area contributed by atoms with E-state index in [0.717, 1.165) is 66.4 Å².